The van der Waals surface area contributed by atoms with Crippen LogP contribution >= 0.6 is 35.7 Å². The van der Waals surface area contributed by atoms with Crippen LogP contribution in [0.1, 0.15) is 17.3 Å². The minimum atomic E-state index is -0.0180. The molecule has 1 aliphatic rings. The number of carbonyl (C=O) groups excluding carboxylic acids is 2. The molecular formula is C18H11NO2S3. The van der Waals surface area contributed by atoms with Crippen molar-refractivity contribution >= 4 is 78.2 Å². The lowest BCUT2D eigenvalue weighted by Gasteiger charge is -2.02. The van der Waals surface area contributed by atoms with Gasteiger partial charge in [0.1, 0.15) is 3.53 Å². The first kappa shape index (κ1) is 15.6. The first-order chi connectivity index (χ1) is 11.5. The Labute approximate surface area is 152 Å². The molecule has 0 spiro atoms. The molecule has 0 bridgehead atoms. The Kier molecular flexibility index (Phi) is 3.83. The van der Waals surface area contributed by atoms with E-state index in [-0.39, 0.29) is 11.0 Å². The van der Waals surface area contributed by atoms with Gasteiger partial charge in [-0.25, -0.2) is 0 Å². The van der Waals surface area contributed by atoms with E-state index in [1.54, 1.807) is 11.5 Å². The lowest BCUT2D eigenvalue weighted by Crippen LogP contribution is -2.04. The van der Waals surface area contributed by atoms with Gasteiger partial charge in [-0.3, -0.25) is 14.2 Å². The van der Waals surface area contributed by atoms with Gasteiger partial charge in [0, 0.05) is 17.7 Å². The Hall–Kier alpha value is -1.89. The van der Waals surface area contributed by atoms with E-state index < -0.39 is 0 Å². The first-order valence-electron chi connectivity index (χ1n) is 7.24. The van der Waals surface area contributed by atoms with Crippen molar-refractivity contribution in [1.82, 2.24) is 4.57 Å². The molecule has 2 aromatic carbocycles. The van der Waals surface area contributed by atoms with Gasteiger partial charge in [-0.2, -0.15) is 0 Å². The largest absolute Gasteiger partial charge is 0.281 e. The van der Waals surface area contributed by atoms with E-state index in [1.165, 1.54) is 11.8 Å². The Morgan fingerprint density at radius 3 is 2.54 bits per heavy atom. The number of benzene rings is 2. The molecule has 118 valence electrons. The average molecular weight is 369 g/mol. The Morgan fingerprint density at radius 1 is 1.08 bits per heavy atom. The number of fused-ring (bicyclic) bond motifs is 3. The molecule has 0 saturated carbocycles. The van der Waals surface area contributed by atoms with Crippen LogP contribution in [-0.2, 0) is 4.79 Å². The Bertz CT molecular complexity index is 1080. The fourth-order valence-electron chi connectivity index (χ4n) is 2.94. The second-order valence-corrected chi connectivity index (χ2v) is 8.62. The summed E-state index contributed by atoms with van der Waals surface area (Å²) in [5.41, 5.74) is 2.70. The summed E-state index contributed by atoms with van der Waals surface area (Å²) in [5.74, 6) is -0.0180. The number of carbonyl (C=O) groups is 2. The summed E-state index contributed by atoms with van der Waals surface area (Å²) in [6.45, 7) is 1.56. The lowest BCUT2D eigenvalue weighted by atomic mass is 10.1. The number of thiocarbonyl (C=S) groups is 1. The SMILES string of the molecule is CC(=O)n1c2ccccc2c2cc(/C=C3\SC(=S)SC3=O)ccc21. The molecule has 0 aliphatic carbocycles. The highest BCUT2D eigenvalue weighted by molar-refractivity contribution is 8.57. The summed E-state index contributed by atoms with van der Waals surface area (Å²) < 4.78 is 2.36. The van der Waals surface area contributed by atoms with Gasteiger partial charge < -0.3 is 0 Å². The number of aromatic nitrogens is 1. The zero-order valence-electron chi connectivity index (χ0n) is 12.6. The summed E-state index contributed by atoms with van der Waals surface area (Å²) in [5, 5.41) is 2.02. The van der Waals surface area contributed by atoms with Gasteiger partial charge in [0.15, 0.2) is 0 Å². The number of thioether (sulfide) groups is 2. The third-order valence-electron chi connectivity index (χ3n) is 3.88. The van der Waals surface area contributed by atoms with Crippen molar-refractivity contribution in [2.75, 3.05) is 0 Å². The van der Waals surface area contributed by atoms with Crippen LogP contribution in [0.4, 0.5) is 0 Å². The van der Waals surface area contributed by atoms with Gasteiger partial charge in [-0.1, -0.05) is 48.2 Å². The van der Waals surface area contributed by atoms with Crippen molar-refractivity contribution in [3.8, 4) is 0 Å². The van der Waals surface area contributed by atoms with Gasteiger partial charge in [0.05, 0.1) is 15.9 Å². The zero-order valence-corrected chi connectivity index (χ0v) is 15.1. The van der Waals surface area contributed by atoms with Gasteiger partial charge in [-0.15, -0.1) is 0 Å². The highest BCUT2D eigenvalue weighted by atomic mass is 32.2. The maximum Gasteiger partial charge on any atom is 0.232 e. The predicted molar refractivity (Wildman–Crippen MR) is 107 cm³/mol. The summed E-state index contributed by atoms with van der Waals surface area (Å²) in [4.78, 5) is 24.6. The van der Waals surface area contributed by atoms with Crippen molar-refractivity contribution in [2.45, 2.75) is 6.92 Å². The minimum absolute atomic E-state index is 0.00346. The van der Waals surface area contributed by atoms with Crippen molar-refractivity contribution in [3.63, 3.8) is 0 Å². The first-order valence-corrected chi connectivity index (χ1v) is 9.28. The third-order valence-corrected chi connectivity index (χ3v) is 6.27. The number of rotatable bonds is 1. The van der Waals surface area contributed by atoms with E-state index in [0.717, 1.165) is 39.1 Å². The monoisotopic (exact) mass is 369 g/mol. The fourth-order valence-corrected chi connectivity index (χ4v) is 5.12. The molecule has 0 N–H and O–H groups in total. The van der Waals surface area contributed by atoms with Crippen LogP contribution in [0.2, 0.25) is 0 Å². The van der Waals surface area contributed by atoms with Crippen LogP contribution in [0.25, 0.3) is 27.9 Å². The molecule has 0 unspecified atom stereocenters. The van der Waals surface area contributed by atoms with E-state index in [0.29, 0.717) is 8.43 Å². The van der Waals surface area contributed by atoms with Gasteiger partial charge in [0.2, 0.25) is 11.0 Å². The third kappa shape index (κ3) is 2.51. The van der Waals surface area contributed by atoms with E-state index in [1.807, 2.05) is 48.5 Å². The van der Waals surface area contributed by atoms with Crippen LogP contribution in [0, 0.1) is 0 Å². The van der Waals surface area contributed by atoms with E-state index in [2.05, 4.69) is 0 Å². The molecule has 24 heavy (non-hydrogen) atoms. The molecule has 0 amide bonds. The van der Waals surface area contributed by atoms with Crippen LogP contribution in [0.5, 0.6) is 0 Å². The molecule has 1 fully saturated rings. The highest BCUT2D eigenvalue weighted by Gasteiger charge is 2.24. The van der Waals surface area contributed by atoms with Crippen molar-refractivity contribution < 1.29 is 9.59 Å². The lowest BCUT2D eigenvalue weighted by molar-refractivity contribution is -0.107. The minimum Gasteiger partial charge on any atom is -0.281 e. The molecule has 4 rings (SSSR count). The topological polar surface area (TPSA) is 39.1 Å². The molecule has 6 heteroatoms. The van der Waals surface area contributed by atoms with Crippen LogP contribution in [0.3, 0.4) is 0 Å². The molecule has 1 saturated heterocycles. The average Bonchev–Trinajstić information content (AvgIpc) is 3.04. The van der Waals surface area contributed by atoms with Gasteiger partial charge in [0.25, 0.3) is 0 Å². The van der Waals surface area contributed by atoms with Crippen LogP contribution in [0.15, 0.2) is 47.4 Å². The second-order valence-electron chi connectivity index (χ2n) is 5.40. The molecule has 1 aliphatic heterocycles. The Morgan fingerprint density at radius 2 is 1.83 bits per heavy atom. The molecule has 1 aromatic heterocycles. The molecule has 3 aromatic rings. The van der Waals surface area contributed by atoms with Gasteiger partial charge in [-0.05, 0) is 41.6 Å². The van der Waals surface area contributed by atoms with E-state index in [4.69, 9.17) is 12.2 Å². The smallest absolute Gasteiger partial charge is 0.232 e. The normalized spacial score (nSPS) is 16.6. The van der Waals surface area contributed by atoms with E-state index >= 15 is 0 Å². The molecule has 2 heterocycles. The molecule has 0 atom stereocenters. The maximum atomic E-state index is 12.1. The second kappa shape index (κ2) is 5.88. The standard InChI is InChI=1S/C18H11NO2S3/c1-10(20)19-14-5-3-2-4-12(14)13-8-11(6-7-15(13)19)9-16-17(21)24-18(22)23-16/h2-9H,1H3/b16-9-. The van der Waals surface area contributed by atoms with E-state index in [9.17, 15) is 9.59 Å². The number of nitrogens with zero attached hydrogens (tertiary/aromatic N) is 1. The molecular weight excluding hydrogens is 358 g/mol. The van der Waals surface area contributed by atoms with Crippen molar-refractivity contribution in [2.24, 2.45) is 0 Å². The quantitative estimate of drug-likeness (QED) is 0.441. The zero-order chi connectivity index (χ0) is 16.8. The summed E-state index contributed by atoms with van der Waals surface area (Å²) in [7, 11) is 0. The number of hydrogen-bond donors (Lipinski definition) is 0. The fraction of sp³-hybridized carbons (Fsp3) is 0.0556. The summed E-state index contributed by atoms with van der Waals surface area (Å²) >= 11 is 7.52. The summed E-state index contributed by atoms with van der Waals surface area (Å²) in [6, 6.07) is 13.7. The highest BCUT2D eigenvalue weighted by Crippen LogP contribution is 2.39. The summed E-state index contributed by atoms with van der Waals surface area (Å²) in [6.07, 6.45) is 1.86. The van der Waals surface area contributed by atoms with Gasteiger partial charge >= 0.3 is 0 Å². The van der Waals surface area contributed by atoms with Crippen molar-refractivity contribution in [1.29, 1.82) is 0 Å². The predicted octanol–water partition coefficient (Wildman–Crippen LogP) is 5.09. The number of para-hydroxylation sites is 1. The number of hydrogen-bond acceptors (Lipinski definition) is 5. The van der Waals surface area contributed by atoms with Crippen LogP contribution < -0.4 is 0 Å². The Balaban J connectivity index is 1.95. The molecule has 0 radical (unpaired) electrons. The van der Waals surface area contributed by atoms with Crippen molar-refractivity contribution in [3.05, 3.63) is 52.9 Å². The maximum absolute atomic E-state index is 12.1. The van der Waals surface area contributed by atoms with Crippen LogP contribution in [-0.4, -0.2) is 19.1 Å². The molecule has 3 nitrogen and oxygen atoms in total.